The molecular formula is C28H36O3. The van der Waals surface area contributed by atoms with Crippen LogP contribution in [-0.4, -0.2) is 16.0 Å². The highest BCUT2D eigenvalue weighted by Crippen LogP contribution is 2.73. The number of fused-ring (bicyclic) bond motifs is 7. The fourth-order valence-corrected chi connectivity index (χ4v) is 8.17. The molecule has 3 heteroatoms. The molecule has 0 aliphatic heterocycles. The number of ketones is 1. The Morgan fingerprint density at radius 3 is 2.42 bits per heavy atom. The Balaban J connectivity index is 1.70. The van der Waals surface area contributed by atoms with E-state index in [9.17, 15) is 15.0 Å². The number of phenolic OH excluding ortho intramolecular Hbond substituents is 2. The van der Waals surface area contributed by atoms with E-state index >= 15 is 0 Å². The van der Waals surface area contributed by atoms with Crippen LogP contribution in [0.4, 0.5) is 0 Å². The number of benzene rings is 1. The van der Waals surface area contributed by atoms with E-state index in [1.807, 2.05) is 6.08 Å². The number of phenols is 2. The first kappa shape index (κ1) is 20.8. The van der Waals surface area contributed by atoms with Crippen molar-refractivity contribution in [2.75, 3.05) is 0 Å². The second-order valence-electron chi connectivity index (χ2n) is 12.0. The molecule has 0 saturated heterocycles. The SMILES string of the molecule is CC1=CCC2(C)CCC3(C)C4=CC(=O)c5c(cc(O)c(O)c5C)C4(C)CCC3(C)C2C1. The lowest BCUT2D eigenvalue weighted by Crippen LogP contribution is -2.61. The first-order valence-corrected chi connectivity index (χ1v) is 11.9. The summed E-state index contributed by atoms with van der Waals surface area (Å²) in [5.41, 5.74) is 4.87. The van der Waals surface area contributed by atoms with Gasteiger partial charge in [0.05, 0.1) is 0 Å². The molecule has 2 fully saturated rings. The van der Waals surface area contributed by atoms with Crippen molar-refractivity contribution in [2.24, 2.45) is 22.2 Å². The van der Waals surface area contributed by atoms with Crippen molar-refractivity contribution >= 4 is 5.78 Å². The minimum atomic E-state index is -0.291. The summed E-state index contributed by atoms with van der Waals surface area (Å²) in [6.45, 7) is 13.7. The molecule has 0 amide bonds. The highest BCUT2D eigenvalue weighted by Gasteiger charge is 2.65. The van der Waals surface area contributed by atoms with Gasteiger partial charge in [-0.3, -0.25) is 4.79 Å². The van der Waals surface area contributed by atoms with Crippen LogP contribution in [0.3, 0.4) is 0 Å². The van der Waals surface area contributed by atoms with E-state index in [0.717, 1.165) is 31.2 Å². The van der Waals surface area contributed by atoms with Crippen molar-refractivity contribution in [3.05, 3.63) is 46.1 Å². The van der Waals surface area contributed by atoms with Crippen molar-refractivity contribution < 1.29 is 15.0 Å². The van der Waals surface area contributed by atoms with E-state index in [1.165, 1.54) is 24.0 Å². The average molecular weight is 421 g/mol. The molecule has 5 atom stereocenters. The Labute approximate surface area is 186 Å². The van der Waals surface area contributed by atoms with E-state index in [0.29, 0.717) is 22.5 Å². The van der Waals surface area contributed by atoms with Crippen LogP contribution in [0.2, 0.25) is 0 Å². The zero-order valence-electron chi connectivity index (χ0n) is 19.9. The van der Waals surface area contributed by atoms with Crippen LogP contribution >= 0.6 is 0 Å². The molecule has 0 radical (unpaired) electrons. The highest BCUT2D eigenvalue weighted by atomic mass is 16.3. The predicted molar refractivity (Wildman–Crippen MR) is 124 cm³/mol. The third kappa shape index (κ3) is 2.38. The number of hydrogen-bond donors (Lipinski definition) is 2. The fraction of sp³-hybridized carbons (Fsp3) is 0.607. The maximum atomic E-state index is 13.4. The molecule has 1 aromatic carbocycles. The molecule has 3 nitrogen and oxygen atoms in total. The second kappa shape index (κ2) is 6.05. The monoisotopic (exact) mass is 420 g/mol. The summed E-state index contributed by atoms with van der Waals surface area (Å²) in [5.74, 6) is 0.307. The Bertz CT molecular complexity index is 1080. The maximum absolute atomic E-state index is 13.4. The van der Waals surface area contributed by atoms with Crippen LogP contribution in [0.25, 0.3) is 0 Å². The van der Waals surface area contributed by atoms with Gasteiger partial charge < -0.3 is 10.2 Å². The minimum absolute atomic E-state index is 0.0196. The molecule has 1 aromatic rings. The molecule has 2 N–H and O–H groups in total. The molecule has 4 aliphatic carbocycles. The molecule has 31 heavy (non-hydrogen) atoms. The molecule has 5 rings (SSSR count). The molecule has 0 heterocycles. The highest BCUT2D eigenvalue weighted by molar-refractivity contribution is 6.10. The number of rotatable bonds is 0. The summed E-state index contributed by atoms with van der Waals surface area (Å²) < 4.78 is 0. The average Bonchev–Trinajstić information content (AvgIpc) is 2.71. The lowest BCUT2D eigenvalue weighted by Gasteiger charge is -2.68. The van der Waals surface area contributed by atoms with Crippen LogP contribution in [0, 0.1) is 29.1 Å². The summed E-state index contributed by atoms with van der Waals surface area (Å²) in [5, 5.41) is 20.7. The second-order valence-corrected chi connectivity index (χ2v) is 12.0. The van der Waals surface area contributed by atoms with E-state index in [1.54, 1.807) is 13.0 Å². The van der Waals surface area contributed by atoms with Gasteiger partial charge in [0.15, 0.2) is 17.3 Å². The zero-order valence-corrected chi connectivity index (χ0v) is 19.9. The molecule has 166 valence electrons. The van der Waals surface area contributed by atoms with Gasteiger partial charge >= 0.3 is 0 Å². The van der Waals surface area contributed by atoms with Crippen LogP contribution in [0.5, 0.6) is 11.5 Å². The van der Waals surface area contributed by atoms with E-state index in [4.69, 9.17) is 0 Å². The lowest BCUT2D eigenvalue weighted by atomic mass is 9.36. The van der Waals surface area contributed by atoms with Gasteiger partial charge in [-0.25, -0.2) is 0 Å². The van der Waals surface area contributed by atoms with Gasteiger partial charge in [0, 0.05) is 16.5 Å². The van der Waals surface area contributed by atoms with Gasteiger partial charge in [-0.15, -0.1) is 0 Å². The largest absolute Gasteiger partial charge is 0.504 e. The minimum Gasteiger partial charge on any atom is -0.504 e. The van der Waals surface area contributed by atoms with Crippen LogP contribution in [0.15, 0.2) is 29.4 Å². The van der Waals surface area contributed by atoms with Crippen molar-refractivity contribution in [3.63, 3.8) is 0 Å². The Morgan fingerprint density at radius 1 is 1.00 bits per heavy atom. The van der Waals surface area contributed by atoms with Gasteiger partial charge in [0.25, 0.3) is 0 Å². The molecule has 0 spiro atoms. The molecule has 4 aliphatic rings. The first-order valence-electron chi connectivity index (χ1n) is 11.9. The van der Waals surface area contributed by atoms with Gasteiger partial charge in [-0.1, -0.05) is 39.3 Å². The standard InChI is InChI=1S/C28H36O3/c1-16-7-8-25(3)9-11-28(6)22-15-19(29)23-17(2)24(31)20(30)14-18(23)26(22,4)10-12-27(28,5)21(25)13-16/h7,14-15,21,30-31H,8-13H2,1-6H3. The van der Waals surface area contributed by atoms with Crippen molar-refractivity contribution in [2.45, 2.75) is 85.5 Å². The fourth-order valence-electron chi connectivity index (χ4n) is 8.17. The van der Waals surface area contributed by atoms with Crippen LogP contribution in [-0.2, 0) is 5.41 Å². The molecule has 5 unspecified atom stereocenters. The number of carbonyl (C=O) groups is 1. The Hall–Kier alpha value is -2.03. The van der Waals surface area contributed by atoms with Gasteiger partial charge in [-0.2, -0.15) is 0 Å². The number of hydrogen-bond acceptors (Lipinski definition) is 3. The molecule has 0 bridgehead atoms. The van der Waals surface area contributed by atoms with Crippen LogP contribution < -0.4 is 0 Å². The summed E-state index contributed by atoms with van der Waals surface area (Å²) in [4.78, 5) is 13.4. The van der Waals surface area contributed by atoms with E-state index < -0.39 is 0 Å². The van der Waals surface area contributed by atoms with Crippen molar-refractivity contribution in [1.29, 1.82) is 0 Å². The topological polar surface area (TPSA) is 57.5 Å². The molecular weight excluding hydrogens is 384 g/mol. The normalized spacial score (nSPS) is 41.4. The van der Waals surface area contributed by atoms with Gasteiger partial charge in [0.1, 0.15) is 0 Å². The smallest absolute Gasteiger partial charge is 0.186 e. The number of aromatic hydroxyl groups is 2. The Morgan fingerprint density at radius 2 is 1.71 bits per heavy atom. The maximum Gasteiger partial charge on any atom is 0.186 e. The molecule has 0 aromatic heterocycles. The van der Waals surface area contributed by atoms with E-state index in [-0.39, 0.29) is 33.5 Å². The van der Waals surface area contributed by atoms with Crippen molar-refractivity contribution in [3.8, 4) is 11.5 Å². The third-order valence-corrected chi connectivity index (χ3v) is 10.5. The predicted octanol–water partition coefficient (Wildman–Crippen LogP) is 6.75. The zero-order chi connectivity index (χ0) is 22.6. The summed E-state index contributed by atoms with van der Waals surface area (Å²) in [6.07, 6.45) is 11.0. The quantitative estimate of drug-likeness (QED) is 0.360. The van der Waals surface area contributed by atoms with Crippen molar-refractivity contribution in [1.82, 2.24) is 0 Å². The lowest BCUT2D eigenvalue weighted by molar-refractivity contribution is -0.122. The van der Waals surface area contributed by atoms with Crippen LogP contribution in [0.1, 0.15) is 94.6 Å². The summed E-state index contributed by atoms with van der Waals surface area (Å²) in [6, 6.07) is 1.66. The third-order valence-electron chi connectivity index (χ3n) is 10.5. The number of allylic oxidation sites excluding steroid dienone is 4. The summed E-state index contributed by atoms with van der Waals surface area (Å²) >= 11 is 0. The van der Waals surface area contributed by atoms with Gasteiger partial charge in [0.2, 0.25) is 0 Å². The molecule has 2 saturated carbocycles. The van der Waals surface area contributed by atoms with Gasteiger partial charge in [-0.05, 0) is 97.8 Å². The Kier molecular flexibility index (Phi) is 4.07. The number of carbonyl (C=O) groups excluding carboxylic acids is 1. The first-order chi connectivity index (χ1) is 14.4. The van der Waals surface area contributed by atoms with E-state index in [2.05, 4.69) is 40.7 Å². The summed E-state index contributed by atoms with van der Waals surface area (Å²) in [7, 11) is 0.